The fourth-order valence-corrected chi connectivity index (χ4v) is 4.32. The first-order valence-corrected chi connectivity index (χ1v) is 11.8. The van der Waals surface area contributed by atoms with Gasteiger partial charge in [0.1, 0.15) is 0 Å². The first-order chi connectivity index (χ1) is 15.8. The van der Waals surface area contributed by atoms with Crippen LogP contribution in [0.2, 0.25) is 0 Å². The molecular weight excluding hydrogens is 436 g/mol. The van der Waals surface area contributed by atoms with Gasteiger partial charge in [-0.05, 0) is 43.3 Å². The lowest BCUT2D eigenvalue weighted by Crippen LogP contribution is -2.12. The normalized spacial score (nSPS) is 14.4. The smallest absolute Gasteiger partial charge is 0.256 e. The van der Waals surface area contributed by atoms with Gasteiger partial charge in [-0.1, -0.05) is 48.0 Å². The van der Waals surface area contributed by atoms with Crippen LogP contribution in [0, 0.1) is 6.92 Å². The van der Waals surface area contributed by atoms with Gasteiger partial charge in [-0.2, -0.15) is 5.10 Å². The molecule has 33 heavy (non-hydrogen) atoms. The van der Waals surface area contributed by atoms with Crippen LogP contribution in [0.5, 0.6) is 0 Å². The molecule has 0 radical (unpaired) electrons. The molecule has 164 valence electrons. The van der Waals surface area contributed by atoms with Crippen molar-refractivity contribution in [2.75, 3.05) is 5.32 Å². The summed E-state index contributed by atoms with van der Waals surface area (Å²) in [5.41, 5.74) is 5.69. The van der Waals surface area contributed by atoms with E-state index < -0.39 is 10.0 Å². The Hall–Kier alpha value is -4.01. The SMILES string of the molecule is Cc1ccc(-c2nn(-c3ccccc3)cc2/C=C2/C(=O)Nc3ccc(S(N)(=O)=O)cc32)cc1. The summed E-state index contributed by atoms with van der Waals surface area (Å²) in [7, 11) is -3.91. The van der Waals surface area contributed by atoms with Crippen LogP contribution in [-0.2, 0) is 14.8 Å². The number of amides is 1. The summed E-state index contributed by atoms with van der Waals surface area (Å²) in [6.07, 6.45) is 3.59. The summed E-state index contributed by atoms with van der Waals surface area (Å²) >= 11 is 0. The average Bonchev–Trinajstić information content (AvgIpc) is 3.35. The largest absolute Gasteiger partial charge is 0.321 e. The molecule has 8 heteroatoms. The van der Waals surface area contributed by atoms with Gasteiger partial charge in [0.15, 0.2) is 0 Å². The Kier molecular flexibility index (Phi) is 4.96. The van der Waals surface area contributed by atoms with Gasteiger partial charge in [-0.3, -0.25) is 4.79 Å². The minimum absolute atomic E-state index is 0.0533. The highest BCUT2D eigenvalue weighted by Crippen LogP contribution is 2.36. The molecule has 0 saturated heterocycles. The summed E-state index contributed by atoms with van der Waals surface area (Å²) in [5, 5.41) is 12.9. The number of carbonyl (C=O) groups excluding carboxylic acids is 1. The molecule has 0 spiro atoms. The van der Waals surface area contributed by atoms with E-state index in [1.807, 2.05) is 67.7 Å². The molecule has 5 rings (SSSR count). The Morgan fingerprint density at radius 1 is 1.00 bits per heavy atom. The van der Waals surface area contributed by atoms with Gasteiger partial charge in [-0.15, -0.1) is 0 Å². The highest BCUT2D eigenvalue weighted by Gasteiger charge is 2.27. The Morgan fingerprint density at radius 2 is 1.73 bits per heavy atom. The number of primary sulfonamides is 1. The van der Waals surface area contributed by atoms with Crippen LogP contribution >= 0.6 is 0 Å². The van der Waals surface area contributed by atoms with Crippen molar-refractivity contribution in [2.45, 2.75) is 11.8 Å². The summed E-state index contributed by atoms with van der Waals surface area (Å²) in [5.74, 6) is -0.320. The average molecular weight is 457 g/mol. The van der Waals surface area contributed by atoms with Crippen LogP contribution in [0.25, 0.3) is 28.6 Å². The fraction of sp³-hybridized carbons (Fsp3) is 0.0400. The molecule has 1 aromatic heterocycles. The second kappa shape index (κ2) is 7.84. The first kappa shape index (κ1) is 20.9. The van der Waals surface area contributed by atoms with Gasteiger partial charge in [0.2, 0.25) is 10.0 Å². The highest BCUT2D eigenvalue weighted by atomic mass is 32.2. The van der Waals surface area contributed by atoms with E-state index >= 15 is 0 Å². The van der Waals surface area contributed by atoms with Gasteiger partial charge >= 0.3 is 0 Å². The molecule has 0 fully saturated rings. The Bertz CT molecular complexity index is 1520. The number of nitrogens with two attached hydrogens (primary N) is 1. The fourth-order valence-electron chi connectivity index (χ4n) is 3.78. The predicted molar refractivity (Wildman–Crippen MR) is 128 cm³/mol. The number of nitrogens with one attached hydrogen (secondary N) is 1. The standard InChI is InChI=1S/C25H20N4O3S/c1-16-7-9-17(10-8-16)24-18(15-29(28-24)19-5-3-2-4-6-19)13-22-21-14-20(33(26,31)32)11-12-23(21)27-25(22)30/h2-15H,1H3,(H,27,30)(H2,26,31,32)/b22-13+. The molecule has 0 saturated carbocycles. The minimum atomic E-state index is -3.91. The Labute approximate surface area is 191 Å². The van der Waals surface area contributed by atoms with E-state index in [4.69, 9.17) is 10.2 Å². The number of hydrogen-bond donors (Lipinski definition) is 2. The molecule has 0 unspecified atom stereocenters. The summed E-state index contributed by atoms with van der Waals surface area (Å²) < 4.78 is 25.5. The number of hydrogen-bond acceptors (Lipinski definition) is 4. The quantitative estimate of drug-likeness (QED) is 0.453. The first-order valence-electron chi connectivity index (χ1n) is 10.2. The molecule has 3 N–H and O–H groups in total. The lowest BCUT2D eigenvalue weighted by molar-refractivity contribution is -0.110. The highest BCUT2D eigenvalue weighted by molar-refractivity contribution is 7.89. The maximum Gasteiger partial charge on any atom is 0.256 e. The predicted octanol–water partition coefficient (Wildman–Crippen LogP) is 3.99. The second-order valence-electron chi connectivity index (χ2n) is 7.84. The van der Waals surface area contributed by atoms with Crippen LogP contribution < -0.4 is 10.5 Å². The molecule has 0 bridgehead atoms. The van der Waals surface area contributed by atoms with Gasteiger partial charge < -0.3 is 5.32 Å². The van der Waals surface area contributed by atoms with E-state index in [0.717, 1.165) is 22.4 Å². The van der Waals surface area contributed by atoms with Crippen LogP contribution in [-0.4, -0.2) is 24.1 Å². The van der Waals surface area contributed by atoms with E-state index in [-0.39, 0.29) is 10.8 Å². The number of aryl methyl sites for hydroxylation is 1. The van der Waals surface area contributed by atoms with Crippen molar-refractivity contribution >= 4 is 33.3 Å². The van der Waals surface area contributed by atoms with Crippen LogP contribution in [0.1, 0.15) is 16.7 Å². The third-order valence-electron chi connectivity index (χ3n) is 5.49. The maximum absolute atomic E-state index is 12.8. The zero-order chi connectivity index (χ0) is 23.2. The lowest BCUT2D eigenvalue weighted by Gasteiger charge is -2.03. The van der Waals surface area contributed by atoms with Crippen molar-refractivity contribution in [1.29, 1.82) is 0 Å². The zero-order valence-corrected chi connectivity index (χ0v) is 18.5. The summed E-state index contributed by atoms with van der Waals surface area (Å²) in [6, 6.07) is 22.0. The Morgan fingerprint density at radius 3 is 2.42 bits per heavy atom. The molecule has 1 aliphatic rings. The van der Waals surface area contributed by atoms with Gasteiger partial charge in [0.05, 0.1) is 16.3 Å². The maximum atomic E-state index is 12.8. The number of benzene rings is 3. The number of aromatic nitrogens is 2. The number of nitrogens with zero attached hydrogens (tertiary/aromatic N) is 2. The zero-order valence-electron chi connectivity index (χ0n) is 17.7. The van der Waals surface area contributed by atoms with Crippen molar-refractivity contribution in [1.82, 2.24) is 9.78 Å². The number of rotatable bonds is 4. The number of para-hydroxylation sites is 1. The summed E-state index contributed by atoms with van der Waals surface area (Å²) in [6.45, 7) is 2.01. The molecule has 7 nitrogen and oxygen atoms in total. The van der Waals surface area contributed by atoms with Crippen molar-refractivity contribution in [2.24, 2.45) is 5.14 Å². The van der Waals surface area contributed by atoms with E-state index in [1.54, 1.807) is 16.8 Å². The lowest BCUT2D eigenvalue weighted by atomic mass is 10.0. The van der Waals surface area contributed by atoms with Crippen LogP contribution in [0.3, 0.4) is 0 Å². The summed E-state index contributed by atoms with van der Waals surface area (Å²) in [4.78, 5) is 12.7. The molecule has 4 aromatic rings. The molecule has 1 amide bonds. The topological polar surface area (TPSA) is 107 Å². The molecule has 3 aromatic carbocycles. The van der Waals surface area contributed by atoms with Gasteiger partial charge in [0, 0.05) is 34.1 Å². The van der Waals surface area contributed by atoms with Gasteiger partial charge in [-0.25, -0.2) is 18.2 Å². The number of carbonyl (C=O) groups is 1. The number of anilines is 1. The van der Waals surface area contributed by atoms with E-state index in [1.165, 1.54) is 12.1 Å². The molecule has 0 aliphatic carbocycles. The molecule has 2 heterocycles. The van der Waals surface area contributed by atoms with Crippen molar-refractivity contribution in [3.8, 4) is 16.9 Å². The van der Waals surface area contributed by atoms with E-state index in [9.17, 15) is 13.2 Å². The third kappa shape index (κ3) is 3.97. The molecular formula is C25H20N4O3S. The molecule has 0 atom stereocenters. The monoisotopic (exact) mass is 456 g/mol. The van der Waals surface area contributed by atoms with E-state index in [2.05, 4.69) is 5.32 Å². The van der Waals surface area contributed by atoms with Crippen molar-refractivity contribution in [3.05, 3.63) is 95.7 Å². The number of sulfonamides is 1. The van der Waals surface area contributed by atoms with E-state index in [0.29, 0.717) is 22.5 Å². The third-order valence-corrected chi connectivity index (χ3v) is 6.40. The van der Waals surface area contributed by atoms with Crippen molar-refractivity contribution < 1.29 is 13.2 Å². The van der Waals surface area contributed by atoms with Crippen molar-refractivity contribution in [3.63, 3.8) is 0 Å². The Balaban J connectivity index is 1.69. The molecule has 1 aliphatic heterocycles. The van der Waals surface area contributed by atoms with Gasteiger partial charge in [0.25, 0.3) is 5.91 Å². The number of fused-ring (bicyclic) bond motifs is 1. The second-order valence-corrected chi connectivity index (χ2v) is 9.41. The minimum Gasteiger partial charge on any atom is -0.321 e. The van der Waals surface area contributed by atoms with Crippen LogP contribution in [0.15, 0.2) is 83.9 Å². The van der Waals surface area contributed by atoms with Crippen LogP contribution in [0.4, 0.5) is 5.69 Å².